The number of nitrogens with one attached hydrogen (secondary N) is 2. The zero-order valence-corrected chi connectivity index (χ0v) is 18.1. The number of fused-ring (bicyclic) bond motifs is 4. The number of nitrogens with zero attached hydrogens (tertiary/aromatic N) is 4. The second-order valence-corrected chi connectivity index (χ2v) is 8.64. The summed E-state index contributed by atoms with van der Waals surface area (Å²) in [4.78, 5) is 12.2. The molecule has 0 spiro atoms. The molecule has 0 unspecified atom stereocenters. The Morgan fingerprint density at radius 3 is 2.94 bits per heavy atom. The van der Waals surface area contributed by atoms with Gasteiger partial charge in [-0.15, -0.1) is 0 Å². The van der Waals surface area contributed by atoms with Crippen LogP contribution in [0.3, 0.4) is 0 Å². The molecule has 1 aromatic carbocycles. The van der Waals surface area contributed by atoms with Crippen molar-refractivity contribution in [3.8, 4) is 11.3 Å². The van der Waals surface area contributed by atoms with E-state index in [-0.39, 0.29) is 6.04 Å². The van der Waals surface area contributed by atoms with Crippen molar-refractivity contribution in [2.24, 2.45) is 0 Å². The Balaban J connectivity index is 1.41. The third-order valence-electron chi connectivity index (χ3n) is 6.40. The molecule has 4 aromatic heterocycles. The van der Waals surface area contributed by atoms with Crippen LogP contribution in [0, 0.1) is 5.82 Å². The molecule has 0 fully saturated rings. The van der Waals surface area contributed by atoms with Gasteiger partial charge in [0.15, 0.2) is 5.65 Å². The van der Waals surface area contributed by atoms with Gasteiger partial charge in [0, 0.05) is 46.0 Å². The van der Waals surface area contributed by atoms with Gasteiger partial charge >= 0.3 is 0 Å². The summed E-state index contributed by atoms with van der Waals surface area (Å²) >= 11 is 0. The Kier molecular flexibility index (Phi) is 4.62. The minimum Gasteiger partial charge on any atom is -0.389 e. The van der Waals surface area contributed by atoms with Gasteiger partial charge in [0.25, 0.3) is 0 Å². The van der Waals surface area contributed by atoms with Gasteiger partial charge in [-0.3, -0.25) is 4.98 Å². The third-order valence-corrected chi connectivity index (χ3v) is 6.40. The number of halogens is 1. The molecule has 6 rings (SSSR count). The number of aromatic nitrogens is 5. The molecule has 1 aliphatic carbocycles. The van der Waals surface area contributed by atoms with Crippen molar-refractivity contribution in [2.75, 3.05) is 5.32 Å². The highest BCUT2D eigenvalue weighted by molar-refractivity contribution is 5.85. The quantitative estimate of drug-likeness (QED) is 0.383. The molecule has 4 heterocycles. The molecule has 0 amide bonds. The lowest BCUT2D eigenvalue weighted by Crippen LogP contribution is -2.28. The maximum Gasteiger partial charge on any atom is 0.163 e. The molecule has 5 aromatic rings. The van der Waals surface area contributed by atoms with E-state index in [4.69, 9.17) is 0 Å². The van der Waals surface area contributed by atoms with Crippen molar-refractivity contribution in [2.45, 2.75) is 38.3 Å². The second-order valence-electron chi connectivity index (χ2n) is 8.64. The van der Waals surface area contributed by atoms with Crippen LogP contribution in [0.15, 0.2) is 55.0 Å². The normalized spacial score (nSPS) is 16.8. The van der Waals surface area contributed by atoms with Crippen molar-refractivity contribution in [3.05, 3.63) is 77.6 Å². The van der Waals surface area contributed by atoms with Crippen LogP contribution >= 0.6 is 0 Å². The summed E-state index contributed by atoms with van der Waals surface area (Å²) < 4.78 is 15.6. The van der Waals surface area contributed by atoms with Gasteiger partial charge in [-0.1, -0.05) is 18.2 Å². The molecule has 2 atom stereocenters. The molecule has 166 valence electrons. The van der Waals surface area contributed by atoms with E-state index in [9.17, 15) is 9.50 Å². The van der Waals surface area contributed by atoms with E-state index < -0.39 is 11.9 Å². The monoisotopic (exact) mass is 442 g/mol. The highest BCUT2D eigenvalue weighted by Crippen LogP contribution is 2.32. The summed E-state index contributed by atoms with van der Waals surface area (Å²) in [5.41, 5.74) is 6.12. The fourth-order valence-corrected chi connectivity index (χ4v) is 4.78. The number of rotatable bonds is 4. The first-order valence-electron chi connectivity index (χ1n) is 11.1. The summed E-state index contributed by atoms with van der Waals surface area (Å²) in [6.07, 6.45) is 6.45. The second kappa shape index (κ2) is 7.67. The molecule has 33 heavy (non-hydrogen) atoms. The van der Waals surface area contributed by atoms with Crippen LogP contribution in [-0.4, -0.2) is 35.7 Å². The maximum atomic E-state index is 13.9. The van der Waals surface area contributed by atoms with Crippen molar-refractivity contribution >= 4 is 22.4 Å². The van der Waals surface area contributed by atoms with E-state index in [2.05, 4.69) is 43.6 Å². The predicted octanol–water partition coefficient (Wildman–Crippen LogP) is 4.43. The minimum absolute atomic E-state index is 0.194. The van der Waals surface area contributed by atoms with Gasteiger partial charge < -0.3 is 15.4 Å². The number of aryl methyl sites for hydroxylation is 1. The molecule has 0 saturated carbocycles. The van der Waals surface area contributed by atoms with Crippen LogP contribution in [0.5, 0.6) is 0 Å². The lowest BCUT2D eigenvalue weighted by atomic mass is 9.91. The van der Waals surface area contributed by atoms with Crippen LogP contribution in [0.2, 0.25) is 0 Å². The standard InChI is InChI=1S/C25H23FN6O/c1-14(33)20-13-28-32-24(10-23(31-25(20)32)15-8-16(26)12-27-11-15)29-17-6-7-22-19(9-17)18-4-2-3-5-21(18)30-22/h2-5,8,10-14,17,29-30,33H,6-7,9H2,1H3/t14-,17-/m1/s1. The fraction of sp³-hybridized carbons (Fsp3) is 0.240. The molecular formula is C25H23FN6O. The molecule has 0 bridgehead atoms. The number of hydrogen-bond donors (Lipinski definition) is 3. The topological polar surface area (TPSA) is 91.1 Å². The number of aromatic amines is 1. The van der Waals surface area contributed by atoms with Gasteiger partial charge in [0.05, 0.1) is 24.2 Å². The number of benzene rings is 1. The first-order chi connectivity index (χ1) is 16.1. The van der Waals surface area contributed by atoms with Gasteiger partial charge in [-0.25, -0.2) is 9.37 Å². The molecule has 8 heteroatoms. The van der Waals surface area contributed by atoms with Crippen molar-refractivity contribution in [1.29, 1.82) is 0 Å². The Morgan fingerprint density at radius 2 is 2.09 bits per heavy atom. The molecular weight excluding hydrogens is 419 g/mol. The van der Waals surface area contributed by atoms with Crippen molar-refractivity contribution in [1.82, 2.24) is 24.6 Å². The van der Waals surface area contributed by atoms with E-state index in [1.807, 2.05) is 12.1 Å². The van der Waals surface area contributed by atoms with Crippen molar-refractivity contribution in [3.63, 3.8) is 0 Å². The van der Waals surface area contributed by atoms with Gasteiger partial charge in [-0.05, 0) is 43.9 Å². The Bertz CT molecular complexity index is 1490. The number of anilines is 1. The number of para-hydroxylation sites is 1. The molecule has 1 aliphatic rings. The summed E-state index contributed by atoms with van der Waals surface area (Å²) in [7, 11) is 0. The largest absolute Gasteiger partial charge is 0.389 e. The Labute approximate surface area is 189 Å². The number of aliphatic hydroxyl groups is 1. The smallest absolute Gasteiger partial charge is 0.163 e. The van der Waals surface area contributed by atoms with Gasteiger partial charge in [-0.2, -0.15) is 9.61 Å². The fourth-order valence-electron chi connectivity index (χ4n) is 4.78. The summed E-state index contributed by atoms with van der Waals surface area (Å²) in [5.74, 6) is 0.325. The molecule has 3 N–H and O–H groups in total. The maximum absolute atomic E-state index is 13.9. The average molecular weight is 442 g/mol. The minimum atomic E-state index is -0.729. The van der Waals surface area contributed by atoms with Crippen molar-refractivity contribution < 1.29 is 9.50 Å². The molecule has 7 nitrogen and oxygen atoms in total. The summed E-state index contributed by atoms with van der Waals surface area (Å²) in [6, 6.07) is 11.9. The van der Waals surface area contributed by atoms with E-state index in [1.165, 1.54) is 34.4 Å². The molecule has 0 saturated heterocycles. The third kappa shape index (κ3) is 3.43. The highest BCUT2D eigenvalue weighted by atomic mass is 19.1. The zero-order chi connectivity index (χ0) is 22.5. The summed E-state index contributed by atoms with van der Waals surface area (Å²) in [5, 5.41) is 19.6. The number of aliphatic hydroxyl groups excluding tert-OH is 1. The Hall–Kier alpha value is -3.78. The van der Waals surface area contributed by atoms with Gasteiger partial charge in [0.1, 0.15) is 11.6 Å². The SMILES string of the molecule is C[C@@H](O)c1cnn2c(N[C@@H]3CCc4[nH]c5ccccc5c4C3)cc(-c3cncc(F)c3)nc12. The highest BCUT2D eigenvalue weighted by Gasteiger charge is 2.24. The van der Waals surface area contributed by atoms with Crippen LogP contribution in [0.4, 0.5) is 10.2 Å². The van der Waals surface area contributed by atoms with Gasteiger partial charge in [0.2, 0.25) is 0 Å². The van der Waals surface area contributed by atoms with Crippen LogP contribution in [0.25, 0.3) is 27.8 Å². The van der Waals surface area contributed by atoms with Crippen LogP contribution < -0.4 is 5.32 Å². The number of pyridine rings is 1. The van der Waals surface area contributed by atoms with Crippen LogP contribution in [0.1, 0.15) is 36.3 Å². The lowest BCUT2D eigenvalue weighted by Gasteiger charge is -2.25. The predicted molar refractivity (Wildman–Crippen MR) is 125 cm³/mol. The van der Waals surface area contributed by atoms with E-state index >= 15 is 0 Å². The first-order valence-corrected chi connectivity index (χ1v) is 11.1. The number of H-pyrrole nitrogens is 1. The molecule has 0 radical (unpaired) electrons. The Morgan fingerprint density at radius 1 is 1.21 bits per heavy atom. The number of hydrogen-bond acceptors (Lipinski definition) is 5. The summed E-state index contributed by atoms with van der Waals surface area (Å²) in [6.45, 7) is 1.68. The van der Waals surface area contributed by atoms with E-state index in [0.29, 0.717) is 22.5 Å². The zero-order valence-electron chi connectivity index (χ0n) is 18.1. The van der Waals surface area contributed by atoms with Crippen LogP contribution in [-0.2, 0) is 12.8 Å². The molecule has 0 aliphatic heterocycles. The first kappa shape index (κ1) is 19.9. The van der Waals surface area contributed by atoms with E-state index in [1.54, 1.807) is 23.8 Å². The average Bonchev–Trinajstić information content (AvgIpc) is 3.41. The van der Waals surface area contributed by atoms with E-state index in [0.717, 1.165) is 25.1 Å². The lowest BCUT2D eigenvalue weighted by molar-refractivity contribution is 0.200.